The molecule has 0 saturated carbocycles. The quantitative estimate of drug-likeness (QED) is 0.654. The summed E-state index contributed by atoms with van der Waals surface area (Å²) in [5.74, 6) is 0.359. The second-order valence-electron chi connectivity index (χ2n) is 9.17. The van der Waals surface area contributed by atoms with E-state index in [0.29, 0.717) is 17.9 Å². The van der Waals surface area contributed by atoms with Gasteiger partial charge in [0.25, 0.3) is 5.91 Å². The smallest absolute Gasteiger partial charge is 0.255 e. The highest BCUT2D eigenvalue weighted by atomic mass is 16.2. The molecule has 0 radical (unpaired) electrons. The summed E-state index contributed by atoms with van der Waals surface area (Å²) in [5.41, 5.74) is 3.79. The molecule has 3 heterocycles. The molecule has 0 aliphatic carbocycles. The number of para-hydroxylation sites is 1. The Morgan fingerprint density at radius 3 is 2.52 bits per heavy atom. The first kappa shape index (κ1) is 19.9. The Kier molecular flexibility index (Phi) is 5.05. The van der Waals surface area contributed by atoms with Gasteiger partial charge in [-0.15, -0.1) is 0 Å². The Hall–Kier alpha value is -3.08. The van der Waals surface area contributed by atoms with Crippen LogP contribution < -0.4 is 0 Å². The first-order valence-corrected chi connectivity index (χ1v) is 11.3. The van der Waals surface area contributed by atoms with E-state index in [9.17, 15) is 9.59 Å². The van der Waals surface area contributed by atoms with Crippen LogP contribution in [0.15, 0.2) is 54.7 Å². The average molecular weight is 416 g/mol. The van der Waals surface area contributed by atoms with E-state index in [0.717, 1.165) is 48.0 Å². The summed E-state index contributed by atoms with van der Waals surface area (Å²) in [6.45, 7) is 5.83. The number of aromatic nitrogens is 1. The van der Waals surface area contributed by atoms with Crippen LogP contribution in [0, 0.1) is 5.92 Å². The van der Waals surface area contributed by atoms with Crippen molar-refractivity contribution in [2.45, 2.75) is 45.2 Å². The minimum absolute atomic E-state index is 0.0379. The lowest BCUT2D eigenvalue weighted by Crippen LogP contribution is -2.50. The maximum atomic E-state index is 13.7. The van der Waals surface area contributed by atoms with Crippen molar-refractivity contribution >= 4 is 22.7 Å². The Balaban J connectivity index is 1.65. The molecule has 5 nitrogen and oxygen atoms in total. The van der Waals surface area contributed by atoms with E-state index < -0.39 is 6.04 Å². The van der Waals surface area contributed by atoms with Crippen LogP contribution in [0.3, 0.4) is 0 Å². The van der Waals surface area contributed by atoms with Gasteiger partial charge in [-0.05, 0) is 42.9 Å². The number of likely N-dealkylation sites (tertiary alicyclic amines) is 1. The molecule has 2 atom stereocenters. The van der Waals surface area contributed by atoms with Gasteiger partial charge in [0, 0.05) is 41.3 Å². The molecule has 0 spiro atoms. The van der Waals surface area contributed by atoms with E-state index in [1.165, 1.54) is 0 Å². The van der Waals surface area contributed by atoms with Crippen molar-refractivity contribution in [3.8, 4) is 0 Å². The Bertz CT molecular complexity index is 1130. The SMILES string of the molecule is CC(C)CC(C(=O)N1CCCC1)N1C(=O)c2ccccc2C1c1c[nH]c2ccccc12. The van der Waals surface area contributed by atoms with Crippen molar-refractivity contribution in [1.82, 2.24) is 14.8 Å². The fraction of sp³-hybridized carbons (Fsp3) is 0.385. The van der Waals surface area contributed by atoms with Gasteiger partial charge >= 0.3 is 0 Å². The molecular formula is C26H29N3O2. The molecule has 160 valence electrons. The van der Waals surface area contributed by atoms with Crippen LogP contribution in [0.4, 0.5) is 0 Å². The number of rotatable bonds is 5. The molecular weight excluding hydrogens is 386 g/mol. The van der Waals surface area contributed by atoms with Crippen molar-refractivity contribution in [3.05, 3.63) is 71.4 Å². The van der Waals surface area contributed by atoms with Crippen LogP contribution in [-0.4, -0.2) is 45.7 Å². The Morgan fingerprint density at radius 2 is 1.74 bits per heavy atom. The number of carbonyl (C=O) groups excluding carboxylic acids is 2. The van der Waals surface area contributed by atoms with Crippen molar-refractivity contribution in [2.75, 3.05) is 13.1 Å². The lowest BCUT2D eigenvalue weighted by molar-refractivity contribution is -0.136. The third kappa shape index (κ3) is 3.32. The highest BCUT2D eigenvalue weighted by molar-refractivity contribution is 6.03. The molecule has 3 aromatic rings. The summed E-state index contributed by atoms with van der Waals surface area (Å²) < 4.78 is 0. The van der Waals surface area contributed by atoms with Gasteiger partial charge in [0.05, 0.1) is 6.04 Å². The molecule has 5 heteroatoms. The zero-order valence-corrected chi connectivity index (χ0v) is 18.2. The predicted octanol–water partition coefficient (Wildman–Crippen LogP) is 4.75. The Labute approximate surface area is 183 Å². The van der Waals surface area contributed by atoms with Gasteiger partial charge in [-0.3, -0.25) is 9.59 Å². The fourth-order valence-corrected chi connectivity index (χ4v) is 5.22. The molecule has 2 aliphatic heterocycles. The zero-order chi connectivity index (χ0) is 21.5. The third-order valence-electron chi connectivity index (χ3n) is 6.65. The summed E-state index contributed by atoms with van der Waals surface area (Å²) >= 11 is 0. The number of nitrogens with zero attached hydrogens (tertiary/aromatic N) is 2. The zero-order valence-electron chi connectivity index (χ0n) is 18.2. The standard InChI is InChI=1S/C26H29N3O2/c1-17(2)15-23(26(31)28-13-7-8-14-28)29-24(19-10-3-4-11-20(19)25(29)30)21-16-27-22-12-6-5-9-18(21)22/h3-6,9-12,16-17,23-24,27H,7-8,13-15H2,1-2H3. The lowest BCUT2D eigenvalue weighted by Gasteiger charge is -2.36. The van der Waals surface area contributed by atoms with Crippen LogP contribution in [0.1, 0.15) is 60.6 Å². The van der Waals surface area contributed by atoms with E-state index in [2.05, 4.69) is 24.9 Å². The topological polar surface area (TPSA) is 56.4 Å². The number of benzene rings is 2. The number of aromatic amines is 1. The molecule has 1 saturated heterocycles. The molecule has 0 bridgehead atoms. The van der Waals surface area contributed by atoms with E-state index in [-0.39, 0.29) is 17.9 Å². The fourth-order valence-electron chi connectivity index (χ4n) is 5.22. The normalized spacial score (nSPS) is 19.5. The highest BCUT2D eigenvalue weighted by Crippen LogP contribution is 2.43. The number of H-pyrrole nitrogens is 1. The second-order valence-corrected chi connectivity index (χ2v) is 9.17. The maximum Gasteiger partial charge on any atom is 0.255 e. The van der Waals surface area contributed by atoms with Crippen LogP contribution in [-0.2, 0) is 4.79 Å². The average Bonchev–Trinajstić information content (AvgIpc) is 3.50. The summed E-state index contributed by atoms with van der Waals surface area (Å²) in [6, 6.07) is 15.3. The van der Waals surface area contributed by atoms with E-state index in [1.807, 2.05) is 58.5 Å². The largest absolute Gasteiger partial charge is 0.361 e. The van der Waals surface area contributed by atoms with Crippen LogP contribution >= 0.6 is 0 Å². The number of hydrogen-bond acceptors (Lipinski definition) is 2. The molecule has 1 N–H and O–H groups in total. The molecule has 2 aromatic carbocycles. The van der Waals surface area contributed by atoms with Crippen molar-refractivity contribution < 1.29 is 9.59 Å². The number of hydrogen-bond donors (Lipinski definition) is 1. The number of amides is 2. The minimum Gasteiger partial charge on any atom is -0.361 e. The van der Waals surface area contributed by atoms with Gasteiger partial charge in [-0.25, -0.2) is 0 Å². The maximum absolute atomic E-state index is 13.7. The van der Waals surface area contributed by atoms with Gasteiger partial charge in [0.1, 0.15) is 6.04 Å². The van der Waals surface area contributed by atoms with E-state index in [4.69, 9.17) is 0 Å². The highest BCUT2D eigenvalue weighted by Gasteiger charge is 2.45. The lowest BCUT2D eigenvalue weighted by atomic mass is 9.95. The van der Waals surface area contributed by atoms with Gasteiger partial charge in [0.15, 0.2) is 0 Å². The molecule has 5 rings (SSSR count). The molecule has 2 amide bonds. The summed E-state index contributed by atoms with van der Waals surface area (Å²) in [6.07, 6.45) is 4.75. The molecule has 2 aliphatic rings. The Morgan fingerprint density at radius 1 is 1.03 bits per heavy atom. The van der Waals surface area contributed by atoms with E-state index in [1.54, 1.807) is 0 Å². The van der Waals surface area contributed by atoms with Gasteiger partial charge in [0.2, 0.25) is 5.91 Å². The van der Waals surface area contributed by atoms with Crippen LogP contribution in [0.25, 0.3) is 10.9 Å². The first-order valence-electron chi connectivity index (χ1n) is 11.3. The minimum atomic E-state index is -0.461. The molecule has 2 unspecified atom stereocenters. The number of carbonyl (C=O) groups is 2. The molecule has 1 fully saturated rings. The molecule has 31 heavy (non-hydrogen) atoms. The number of fused-ring (bicyclic) bond motifs is 2. The van der Waals surface area contributed by atoms with Crippen molar-refractivity contribution in [1.29, 1.82) is 0 Å². The third-order valence-corrected chi connectivity index (χ3v) is 6.65. The van der Waals surface area contributed by atoms with Crippen LogP contribution in [0.2, 0.25) is 0 Å². The van der Waals surface area contributed by atoms with Crippen LogP contribution in [0.5, 0.6) is 0 Å². The molecule has 1 aromatic heterocycles. The first-order chi connectivity index (χ1) is 15.1. The van der Waals surface area contributed by atoms with Gasteiger partial charge in [-0.2, -0.15) is 0 Å². The number of nitrogens with one attached hydrogen (secondary N) is 1. The van der Waals surface area contributed by atoms with Gasteiger partial charge < -0.3 is 14.8 Å². The second kappa shape index (κ2) is 7.88. The van der Waals surface area contributed by atoms with Crippen molar-refractivity contribution in [3.63, 3.8) is 0 Å². The predicted molar refractivity (Wildman–Crippen MR) is 122 cm³/mol. The van der Waals surface area contributed by atoms with Gasteiger partial charge in [-0.1, -0.05) is 50.2 Å². The van der Waals surface area contributed by atoms with Crippen molar-refractivity contribution in [2.24, 2.45) is 5.92 Å². The van der Waals surface area contributed by atoms with E-state index >= 15 is 0 Å². The summed E-state index contributed by atoms with van der Waals surface area (Å²) in [5, 5.41) is 1.10. The monoisotopic (exact) mass is 415 g/mol. The summed E-state index contributed by atoms with van der Waals surface area (Å²) in [7, 11) is 0. The summed E-state index contributed by atoms with van der Waals surface area (Å²) in [4.78, 5) is 34.6.